The number of rotatable bonds is 6. The van der Waals surface area contributed by atoms with E-state index in [2.05, 4.69) is 19.9 Å². The van der Waals surface area contributed by atoms with Crippen molar-refractivity contribution in [3.63, 3.8) is 0 Å². The molecule has 0 spiro atoms. The Morgan fingerprint density at radius 2 is 1.92 bits per heavy atom. The van der Waals surface area contributed by atoms with E-state index in [-0.39, 0.29) is 23.9 Å². The molecule has 134 valence electrons. The maximum Gasteiger partial charge on any atom is 0.297 e. The van der Waals surface area contributed by atoms with E-state index >= 15 is 0 Å². The lowest BCUT2D eigenvalue weighted by atomic mass is 10.1. The monoisotopic (exact) mass is 343 g/mol. The van der Waals surface area contributed by atoms with E-state index in [9.17, 15) is 15.0 Å². The van der Waals surface area contributed by atoms with Gasteiger partial charge in [0.25, 0.3) is 5.56 Å². The molecular formula is C20H25NO4. The van der Waals surface area contributed by atoms with Crippen LogP contribution >= 0.6 is 0 Å². The summed E-state index contributed by atoms with van der Waals surface area (Å²) in [5.74, 6) is -0.242. The maximum atomic E-state index is 12.4. The molecule has 0 aliphatic carbocycles. The van der Waals surface area contributed by atoms with Gasteiger partial charge in [0.1, 0.15) is 12.4 Å². The molecule has 0 saturated carbocycles. The Morgan fingerprint density at radius 1 is 1.20 bits per heavy atom. The lowest BCUT2D eigenvalue weighted by molar-refractivity contribution is 0.330. The van der Waals surface area contributed by atoms with Gasteiger partial charge in [0.15, 0.2) is 5.75 Å². The van der Waals surface area contributed by atoms with Gasteiger partial charge in [-0.05, 0) is 51.8 Å². The van der Waals surface area contributed by atoms with Crippen LogP contribution in [0.2, 0.25) is 0 Å². The summed E-state index contributed by atoms with van der Waals surface area (Å²) in [6.07, 6.45) is 5.99. The highest BCUT2D eigenvalue weighted by molar-refractivity contribution is 5.88. The molecule has 0 aliphatic heterocycles. The van der Waals surface area contributed by atoms with E-state index < -0.39 is 5.56 Å². The average Bonchev–Trinajstić information content (AvgIpc) is 2.55. The summed E-state index contributed by atoms with van der Waals surface area (Å²) in [6, 6.07) is 4.46. The normalized spacial score (nSPS) is 11.6. The number of fused-ring (bicyclic) bond motifs is 1. The van der Waals surface area contributed by atoms with Gasteiger partial charge in [-0.1, -0.05) is 17.2 Å². The molecule has 1 aromatic carbocycles. The first kappa shape index (κ1) is 18.6. The molecular weight excluding hydrogens is 318 g/mol. The minimum atomic E-state index is -0.439. The molecule has 25 heavy (non-hydrogen) atoms. The van der Waals surface area contributed by atoms with E-state index in [1.807, 2.05) is 13.0 Å². The number of benzene rings is 1. The third-order valence-electron chi connectivity index (χ3n) is 4.06. The summed E-state index contributed by atoms with van der Waals surface area (Å²) >= 11 is 0. The first-order valence-electron chi connectivity index (χ1n) is 8.27. The van der Waals surface area contributed by atoms with Gasteiger partial charge in [0, 0.05) is 18.5 Å². The van der Waals surface area contributed by atoms with Crippen molar-refractivity contribution in [2.45, 2.75) is 33.6 Å². The number of pyridine rings is 1. The number of hydrogen-bond donors (Lipinski definition) is 2. The van der Waals surface area contributed by atoms with Crippen molar-refractivity contribution < 1.29 is 14.9 Å². The Balaban J connectivity index is 2.20. The van der Waals surface area contributed by atoms with Gasteiger partial charge in [-0.15, -0.1) is 0 Å². The van der Waals surface area contributed by atoms with Crippen molar-refractivity contribution in [2.24, 2.45) is 7.05 Å². The van der Waals surface area contributed by atoms with Crippen LogP contribution in [-0.4, -0.2) is 21.4 Å². The fraction of sp³-hybridized carbons (Fsp3) is 0.350. The number of ether oxygens (including phenoxy) is 1. The van der Waals surface area contributed by atoms with Gasteiger partial charge in [-0.2, -0.15) is 0 Å². The number of aromatic nitrogens is 1. The predicted octanol–water partition coefficient (Wildman–Crippen LogP) is 4.02. The van der Waals surface area contributed by atoms with Gasteiger partial charge in [0.05, 0.1) is 5.52 Å². The molecule has 0 aliphatic rings. The second kappa shape index (κ2) is 7.92. The van der Waals surface area contributed by atoms with Crippen LogP contribution in [0.15, 0.2) is 46.3 Å². The van der Waals surface area contributed by atoms with Crippen molar-refractivity contribution in [3.05, 3.63) is 51.9 Å². The number of phenols is 1. The highest BCUT2D eigenvalue weighted by Gasteiger charge is 2.16. The third kappa shape index (κ3) is 4.44. The Labute approximate surface area is 147 Å². The van der Waals surface area contributed by atoms with Crippen molar-refractivity contribution in [1.29, 1.82) is 0 Å². The van der Waals surface area contributed by atoms with Crippen LogP contribution in [0.5, 0.6) is 17.2 Å². The molecule has 0 fully saturated rings. The topological polar surface area (TPSA) is 71.7 Å². The number of hydrogen-bond acceptors (Lipinski definition) is 4. The van der Waals surface area contributed by atoms with Crippen molar-refractivity contribution in [3.8, 4) is 17.2 Å². The zero-order valence-electron chi connectivity index (χ0n) is 15.2. The van der Waals surface area contributed by atoms with Crippen LogP contribution in [0.1, 0.15) is 33.6 Å². The number of allylic oxidation sites excluding steroid dienone is 3. The standard InChI is InChI=1S/C20H25NO4/c1-13(2)6-5-7-14(3)10-11-25-19-18(23)16-9-8-15(22)12-17(16)21(4)20(19)24/h6,8-10,12,22-23H,5,7,11H2,1-4H3/b14-10+. The molecule has 0 atom stereocenters. The highest BCUT2D eigenvalue weighted by Crippen LogP contribution is 2.32. The molecule has 5 heteroatoms. The van der Waals surface area contributed by atoms with E-state index in [4.69, 9.17) is 4.74 Å². The fourth-order valence-electron chi connectivity index (χ4n) is 2.57. The molecule has 2 rings (SSSR count). The Bertz CT molecular complexity index is 887. The Hall–Kier alpha value is -2.69. The fourth-order valence-corrected chi connectivity index (χ4v) is 2.57. The Morgan fingerprint density at radius 3 is 2.60 bits per heavy atom. The number of phenolic OH excluding ortho intramolecular Hbond substituents is 1. The van der Waals surface area contributed by atoms with Crippen LogP contribution in [0, 0.1) is 0 Å². The van der Waals surface area contributed by atoms with E-state index in [0.717, 1.165) is 12.8 Å². The van der Waals surface area contributed by atoms with Gasteiger partial charge in [0.2, 0.25) is 5.75 Å². The predicted molar refractivity (Wildman–Crippen MR) is 100 cm³/mol. The molecule has 0 amide bonds. The first-order chi connectivity index (χ1) is 11.8. The van der Waals surface area contributed by atoms with Crippen LogP contribution in [0.25, 0.3) is 10.9 Å². The van der Waals surface area contributed by atoms with Crippen molar-refractivity contribution in [2.75, 3.05) is 6.61 Å². The molecule has 0 radical (unpaired) electrons. The number of nitrogens with zero attached hydrogens (tertiary/aromatic N) is 1. The van der Waals surface area contributed by atoms with Gasteiger partial charge < -0.3 is 19.5 Å². The van der Waals surface area contributed by atoms with E-state index in [1.165, 1.54) is 27.8 Å². The first-order valence-corrected chi connectivity index (χ1v) is 8.27. The molecule has 0 bridgehead atoms. The van der Waals surface area contributed by atoms with Crippen LogP contribution < -0.4 is 10.3 Å². The SMILES string of the molecule is CC(C)=CCC/C(C)=C/COc1c(O)c2ccc(O)cc2n(C)c1=O. The van der Waals surface area contributed by atoms with Crippen molar-refractivity contribution >= 4 is 10.9 Å². The molecule has 1 aromatic heterocycles. The summed E-state index contributed by atoms with van der Waals surface area (Å²) in [5.41, 5.74) is 2.47. The lowest BCUT2D eigenvalue weighted by Gasteiger charge is -2.12. The van der Waals surface area contributed by atoms with Gasteiger partial charge in [-0.3, -0.25) is 4.79 Å². The zero-order chi connectivity index (χ0) is 18.6. The summed E-state index contributed by atoms with van der Waals surface area (Å²) in [7, 11) is 1.58. The summed E-state index contributed by atoms with van der Waals surface area (Å²) in [5, 5.41) is 20.4. The van der Waals surface area contributed by atoms with Crippen LogP contribution in [-0.2, 0) is 7.05 Å². The van der Waals surface area contributed by atoms with E-state index in [1.54, 1.807) is 13.1 Å². The number of aryl methyl sites for hydroxylation is 1. The quantitative estimate of drug-likeness (QED) is 0.777. The van der Waals surface area contributed by atoms with Crippen LogP contribution in [0.3, 0.4) is 0 Å². The van der Waals surface area contributed by atoms with Gasteiger partial charge >= 0.3 is 0 Å². The molecule has 2 aromatic rings. The molecule has 0 unspecified atom stereocenters. The third-order valence-corrected chi connectivity index (χ3v) is 4.06. The van der Waals surface area contributed by atoms with Crippen LogP contribution in [0.4, 0.5) is 0 Å². The Kier molecular flexibility index (Phi) is 5.91. The molecule has 0 saturated heterocycles. The molecule has 2 N–H and O–H groups in total. The smallest absolute Gasteiger partial charge is 0.297 e. The lowest BCUT2D eigenvalue weighted by Crippen LogP contribution is -2.20. The number of aromatic hydroxyl groups is 2. The second-order valence-corrected chi connectivity index (χ2v) is 6.42. The summed E-state index contributed by atoms with van der Waals surface area (Å²) in [4.78, 5) is 12.4. The molecule has 5 nitrogen and oxygen atoms in total. The minimum Gasteiger partial charge on any atom is -0.508 e. The van der Waals surface area contributed by atoms with Gasteiger partial charge in [-0.25, -0.2) is 0 Å². The summed E-state index contributed by atoms with van der Waals surface area (Å²) in [6.45, 7) is 6.37. The maximum absolute atomic E-state index is 12.4. The zero-order valence-corrected chi connectivity index (χ0v) is 15.2. The van der Waals surface area contributed by atoms with Crippen molar-refractivity contribution in [1.82, 2.24) is 4.57 Å². The largest absolute Gasteiger partial charge is 0.508 e. The highest BCUT2D eigenvalue weighted by atomic mass is 16.5. The molecule has 1 heterocycles. The summed E-state index contributed by atoms with van der Waals surface area (Å²) < 4.78 is 6.90. The second-order valence-electron chi connectivity index (χ2n) is 6.42. The minimum absolute atomic E-state index is 0.0329. The van der Waals surface area contributed by atoms with E-state index in [0.29, 0.717) is 10.9 Å². The average molecular weight is 343 g/mol.